The van der Waals surface area contributed by atoms with E-state index in [9.17, 15) is 13.6 Å². The number of rotatable bonds is 9. The predicted molar refractivity (Wildman–Crippen MR) is 89.6 cm³/mol. The van der Waals surface area contributed by atoms with Gasteiger partial charge in [0.15, 0.2) is 11.6 Å². The van der Waals surface area contributed by atoms with Gasteiger partial charge in [0.25, 0.3) is 5.91 Å². The Hall–Kier alpha value is -1.91. The number of carbonyl (C=O) groups excluding carboxylic acids is 1. The molecule has 2 N–H and O–H groups in total. The lowest BCUT2D eigenvalue weighted by atomic mass is 10.1. The lowest BCUT2D eigenvalue weighted by molar-refractivity contribution is 0.0991. The molecule has 0 fully saturated rings. The van der Waals surface area contributed by atoms with Crippen LogP contribution in [0.25, 0.3) is 0 Å². The van der Waals surface area contributed by atoms with Crippen LogP contribution in [-0.4, -0.2) is 12.5 Å². The number of ether oxygens (including phenoxy) is 1. The van der Waals surface area contributed by atoms with Crippen molar-refractivity contribution >= 4 is 5.91 Å². The Morgan fingerprint density at radius 3 is 2.48 bits per heavy atom. The fourth-order valence-electron chi connectivity index (χ4n) is 1.88. The van der Waals surface area contributed by atoms with Crippen molar-refractivity contribution in [2.24, 2.45) is 5.73 Å². The summed E-state index contributed by atoms with van der Waals surface area (Å²) in [5.74, 6) is -3.37. The Balaban J connectivity index is 0.00000232. The topological polar surface area (TPSA) is 52.3 Å². The van der Waals surface area contributed by atoms with E-state index in [0.717, 1.165) is 25.0 Å². The Morgan fingerprint density at radius 2 is 1.87 bits per heavy atom. The molecule has 0 saturated heterocycles. The normalized spacial score (nSPS) is 10.3. The van der Waals surface area contributed by atoms with Gasteiger partial charge in [-0.15, -0.1) is 0 Å². The predicted octanol–water partition coefficient (Wildman–Crippen LogP) is 5.00. The molecule has 1 aromatic rings. The van der Waals surface area contributed by atoms with Crippen molar-refractivity contribution in [3.05, 3.63) is 41.5 Å². The van der Waals surface area contributed by atoms with Crippen molar-refractivity contribution in [2.75, 3.05) is 6.61 Å². The molecule has 0 aliphatic carbocycles. The molecule has 0 unspecified atom stereocenters. The monoisotopic (exact) mass is 327 g/mol. The lowest BCUT2D eigenvalue weighted by Gasteiger charge is -2.07. The first-order valence-corrected chi connectivity index (χ1v) is 8.13. The summed E-state index contributed by atoms with van der Waals surface area (Å²) in [5.41, 5.74) is 4.16. The maximum Gasteiger partial charge on any atom is 0.254 e. The summed E-state index contributed by atoms with van der Waals surface area (Å²) in [6.07, 6.45) is 9.41. The van der Waals surface area contributed by atoms with Crippen LogP contribution in [-0.2, 0) is 0 Å². The smallest absolute Gasteiger partial charge is 0.254 e. The summed E-state index contributed by atoms with van der Waals surface area (Å²) < 4.78 is 32.2. The first-order valence-electron chi connectivity index (χ1n) is 8.13. The molecule has 0 saturated carbocycles. The van der Waals surface area contributed by atoms with E-state index in [1.165, 1.54) is 19.3 Å². The number of hydrogen-bond donors (Lipinski definition) is 1. The number of unbranched alkanes of at least 4 members (excludes halogenated alkanes) is 4. The van der Waals surface area contributed by atoms with Crippen molar-refractivity contribution in [3.63, 3.8) is 0 Å². The molecule has 0 atom stereocenters. The summed E-state index contributed by atoms with van der Waals surface area (Å²) in [4.78, 5) is 11.0. The minimum atomic E-state index is -1.15. The van der Waals surface area contributed by atoms with Crippen LogP contribution < -0.4 is 10.5 Å². The molecule has 1 amide bonds. The van der Waals surface area contributed by atoms with E-state index in [4.69, 9.17) is 10.5 Å². The fraction of sp³-hybridized carbons (Fsp3) is 0.500. The van der Waals surface area contributed by atoms with Gasteiger partial charge in [0.05, 0.1) is 0 Å². The minimum absolute atomic E-state index is 0.161. The second-order valence-electron chi connectivity index (χ2n) is 4.73. The van der Waals surface area contributed by atoms with Crippen LogP contribution in [0.5, 0.6) is 5.75 Å². The van der Waals surface area contributed by atoms with E-state index in [0.29, 0.717) is 0 Å². The highest BCUT2D eigenvalue weighted by Gasteiger charge is 2.18. The zero-order chi connectivity index (χ0) is 17.7. The quantitative estimate of drug-likeness (QED) is 0.513. The SMILES string of the molecule is CC.CCCCCC/C=C/COc1ccc(F)c(C(N)=O)c1F. The zero-order valence-electron chi connectivity index (χ0n) is 14.2. The van der Waals surface area contributed by atoms with Crippen molar-refractivity contribution in [2.45, 2.75) is 52.9 Å². The number of allylic oxidation sites excluding steroid dienone is 1. The molecule has 1 rings (SSSR count). The van der Waals surface area contributed by atoms with Crippen LogP contribution >= 0.6 is 0 Å². The van der Waals surface area contributed by atoms with E-state index in [2.05, 4.69) is 6.92 Å². The van der Waals surface area contributed by atoms with Gasteiger partial charge in [0, 0.05) is 0 Å². The summed E-state index contributed by atoms with van der Waals surface area (Å²) >= 11 is 0. The van der Waals surface area contributed by atoms with Gasteiger partial charge < -0.3 is 10.5 Å². The van der Waals surface area contributed by atoms with Crippen LogP contribution in [0.3, 0.4) is 0 Å². The van der Waals surface area contributed by atoms with Gasteiger partial charge >= 0.3 is 0 Å². The second kappa shape index (κ2) is 12.6. The van der Waals surface area contributed by atoms with Gasteiger partial charge in [-0.25, -0.2) is 8.78 Å². The lowest BCUT2D eigenvalue weighted by Crippen LogP contribution is -2.16. The average molecular weight is 327 g/mol. The Bertz CT molecular complexity index is 502. The first kappa shape index (κ1) is 21.1. The zero-order valence-corrected chi connectivity index (χ0v) is 14.2. The van der Waals surface area contributed by atoms with Gasteiger partial charge in [0.2, 0.25) is 0 Å². The fourth-order valence-corrected chi connectivity index (χ4v) is 1.88. The third-order valence-corrected chi connectivity index (χ3v) is 3.03. The van der Waals surface area contributed by atoms with E-state index >= 15 is 0 Å². The molecule has 0 spiro atoms. The van der Waals surface area contributed by atoms with Crippen LogP contribution in [0, 0.1) is 11.6 Å². The summed E-state index contributed by atoms with van der Waals surface area (Å²) in [6.45, 7) is 6.32. The van der Waals surface area contributed by atoms with Gasteiger partial charge in [-0.1, -0.05) is 52.2 Å². The maximum atomic E-state index is 13.8. The number of primary amides is 1. The molecule has 0 aliphatic rings. The van der Waals surface area contributed by atoms with E-state index < -0.39 is 23.1 Å². The van der Waals surface area contributed by atoms with Gasteiger partial charge in [-0.05, 0) is 25.0 Å². The molecule has 0 radical (unpaired) electrons. The Kier molecular flexibility index (Phi) is 11.6. The van der Waals surface area contributed by atoms with Crippen molar-refractivity contribution in [3.8, 4) is 5.75 Å². The number of amides is 1. The molecule has 5 heteroatoms. The van der Waals surface area contributed by atoms with Crippen LogP contribution in [0.15, 0.2) is 24.3 Å². The summed E-state index contributed by atoms with van der Waals surface area (Å²) in [6, 6.07) is 2.11. The molecule has 130 valence electrons. The minimum Gasteiger partial charge on any atom is -0.486 e. The summed E-state index contributed by atoms with van der Waals surface area (Å²) in [7, 11) is 0. The molecular formula is C18H27F2NO2. The third kappa shape index (κ3) is 7.77. The van der Waals surface area contributed by atoms with Crippen molar-refractivity contribution in [1.29, 1.82) is 0 Å². The third-order valence-electron chi connectivity index (χ3n) is 3.03. The van der Waals surface area contributed by atoms with Crippen molar-refractivity contribution in [1.82, 2.24) is 0 Å². The molecule has 0 aromatic heterocycles. The molecule has 3 nitrogen and oxygen atoms in total. The van der Waals surface area contributed by atoms with Gasteiger partial charge in [-0.3, -0.25) is 4.79 Å². The Labute approximate surface area is 137 Å². The number of hydrogen-bond acceptors (Lipinski definition) is 2. The van der Waals surface area contributed by atoms with Crippen LogP contribution in [0.2, 0.25) is 0 Å². The van der Waals surface area contributed by atoms with Crippen LogP contribution in [0.1, 0.15) is 63.2 Å². The standard InChI is InChI=1S/C16H21F2NO2.C2H6/c1-2-3-4-5-6-7-8-11-21-13-10-9-12(17)14(15(13)18)16(19)20;1-2/h7-10H,2-6,11H2,1H3,(H2,19,20);1-2H3/b8-7+;. The molecule has 0 bridgehead atoms. The van der Waals surface area contributed by atoms with Crippen LogP contribution in [0.4, 0.5) is 8.78 Å². The van der Waals surface area contributed by atoms with Crippen molar-refractivity contribution < 1.29 is 18.3 Å². The highest BCUT2D eigenvalue weighted by molar-refractivity contribution is 5.93. The number of halogens is 2. The molecule has 0 aliphatic heterocycles. The summed E-state index contributed by atoms with van der Waals surface area (Å²) in [5, 5.41) is 0. The molecule has 23 heavy (non-hydrogen) atoms. The van der Waals surface area contributed by atoms with E-state index in [1.54, 1.807) is 6.08 Å². The molecule has 1 aromatic carbocycles. The van der Waals surface area contributed by atoms with Gasteiger partial charge in [-0.2, -0.15) is 0 Å². The largest absolute Gasteiger partial charge is 0.486 e. The van der Waals surface area contributed by atoms with E-state index in [1.807, 2.05) is 19.9 Å². The Morgan fingerprint density at radius 1 is 1.17 bits per heavy atom. The van der Waals surface area contributed by atoms with E-state index in [-0.39, 0.29) is 12.4 Å². The number of carbonyl (C=O) groups is 1. The maximum absolute atomic E-state index is 13.8. The second-order valence-corrected chi connectivity index (χ2v) is 4.73. The molecule has 0 heterocycles. The first-order chi connectivity index (χ1) is 11.1. The van der Waals surface area contributed by atoms with Gasteiger partial charge in [0.1, 0.15) is 18.0 Å². The number of benzene rings is 1. The number of nitrogens with two attached hydrogens (primary N) is 1. The average Bonchev–Trinajstić information content (AvgIpc) is 2.53. The highest BCUT2D eigenvalue weighted by Crippen LogP contribution is 2.22. The molecular weight excluding hydrogens is 300 g/mol. The highest BCUT2D eigenvalue weighted by atomic mass is 19.1.